The van der Waals surface area contributed by atoms with E-state index < -0.39 is 28.8 Å². The number of amides is 1. The van der Waals surface area contributed by atoms with Crippen molar-refractivity contribution in [2.75, 3.05) is 18.4 Å². The molecule has 0 bridgehead atoms. The molecular weight excluding hydrogens is 382 g/mol. The molecule has 1 unspecified atom stereocenters. The van der Waals surface area contributed by atoms with E-state index in [1.807, 2.05) is 0 Å². The number of ether oxygens (including phenoxy) is 1. The Hall–Kier alpha value is -1.87. The summed E-state index contributed by atoms with van der Waals surface area (Å²) in [6.45, 7) is 5.59. The van der Waals surface area contributed by atoms with Crippen LogP contribution >= 0.6 is 15.9 Å². The predicted molar refractivity (Wildman–Crippen MR) is 92.0 cm³/mol. The molecular formula is C15H20BrN3O5. The Morgan fingerprint density at radius 2 is 2.12 bits per heavy atom. The maximum absolute atomic E-state index is 12.1. The van der Waals surface area contributed by atoms with Crippen LogP contribution in [0, 0.1) is 10.1 Å². The van der Waals surface area contributed by atoms with Gasteiger partial charge in [-0.15, -0.1) is 0 Å². The van der Waals surface area contributed by atoms with E-state index in [9.17, 15) is 20.0 Å². The van der Waals surface area contributed by atoms with Crippen LogP contribution in [0.4, 0.5) is 16.2 Å². The van der Waals surface area contributed by atoms with E-state index in [1.54, 1.807) is 32.9 Å². The van der Waals surface area contributed by atoms with Gasteiger partial charge in [-0.3, -0.25) is 10.1 Å². The van der Waals surface area contributed by atoms with Crippen molar-refractivity contribution in [2.45, 2.75) is 38.5 Å². The molecule has 1 heterocycles. The lowest BCUT2D eigenvalue weighted by molar-refractivity contribution is -0.384. The zero-order chi connectivity index (χ0) is 18.1. The third-order valence-corrected chi connectivity index (χ3v) is 3.93. The lowest BCUT2D eigenvalue weighted by Gasteiger charge is -2.24. The van der Waals surface area contributed by atoms with Crippen LogP contribution < -0.4 is 5.32 Å². The summed E-state index contributed by atoms with van der Waals surface area (Å²) in [5.74, 6) is 0. The normalized spacial score (nSPS) is 20.8. The van der Waals surface area contributed by atoms with Crippen molar-refractivity contribution < 1.29 is 19.6 Å². The molecule has 0 aliphatic carbocycles. The fourth-order valence-corrected chi connectivity index (χ4v) is 2.73. The van der Waals surface area contributed by atoms with Crippen LogP contribution in [0.3, 0.4) is 0 Å². The number of benzene rings is 1. The van der Waals surface area contributed by atoms with Crippen molar-refractivity contribution in [1.29, 1.82) is 0 Å². The van der Waals surface area contributed by atoms with Gasteiger partial charge in [0.2, 0.25) is 0 Å². The molecule has 24 heavy (non-hydrogen) atoms. The maximum atomic E-state index is 12.1. The monoisotopic (exact) mass is 401 g/mol. The first-order valence-corrected chi connectivity index (χ1v) is 8.22. The van der Waals surface area contributed by atoms with Gasteiger partial charge in [0.05, 0.1) is 23.6 Å². The molecule has 1 fully saturated rings. The van der Waals surface area contributed by atoms with Crippen LogP contribution in [0.1, 0.15) is 20.8 Å². The molecule has 2 N–H and O–H groups in total. The second kappa shape index (κ2) is 6.94. The molecule has 9 heteroatoms. The molecule has 1 saturated heterocycles. The van der Waals surface area contributed by atoms with Crippen LogP contribution in [0.5, 0.6) is 0 Å². The van der Waals surface area contributed by atoms with Gasteiger partial charge in [-0.05, 0) is 32.9 Å². The average Bonchev–Trinajstić information content (AvgIpc) is 2.80. The number of carbonyl (C=O) groups excluding carboxylic acids is 1. The lowest BCUT2D eigenvalue weighted by Crippen LogP contribution is -2.36. The predicted octanol–water partition coefficient (Wildman–Crippen LogP) is 2.75. The van der Waals surface area contributed by atoms with Crippen LogP contribution in [-0.4, -0.2) is 51.9 Å². The highest BCUT2D eigenvalue weighted by atomic mass is 79.9. The number of aliphatic hydroxyl groups excluding tert-OH is 1. The minimum Gasteiger partial charge on any atom is -0.444 e. The third-order valence-electron chi connectivity index (χ3n) is 3.44. The third kappa shape index (κ3) is 4.57. The van der Waals surface area contributed by atoms with Crippen molar-refractivity contribution in [3.8, 4) is 0 Å². The highest BCUT2D eigenvalue weighted by molar-refractivity contribution is 9.10. The Kier molecular flexibility index (Phi) is 5.34. The number of likely N-dealkylation sites (tertiary alicyclic amines) is 1. The van der Waals surface area contributed by atoms with E-state index >= 15 is 0 Å². The van der Waals surface area contributed by atoms with Gasteiger partial charge in [0.1, 0.15) is 11.3 Å². The standard InChI is InChI=1S/C15H20BrN3O5/c1-15(2,3)24-14(21)18-7-11(13(20)8-18)17-10-5-4-9(16)6-12(10)19(22)23/h4-6,11,13,17,20H,7-8H2,1-3H3/t11-,13?/m0/s1. The molecule has 1 amide bonds. The Bertz CT molecular complexity index is 646. The molecule has 2 rings (SSSR count). The Balaban J connectivity index is 2.09. The van der Waals surface area contributed by atoms with Gasteiger partial charge in [-0.25, -0.2) is 4.79 Å². The summed E-state index contributed by atoms with van der Waals surface area (Å²) in [5, 5.41) is 24.3. The van der Waals surface area contributed by atoms with Crippen LogP contribution in [0.2, 0.25) is 0 Å². The highest BCUT2D eigenvalue weighted by Crippen LogP contribution is 2.30. The summed E-state index contributed by atoms with van der Waals surface area (Å²) in [4.78, 5) is 24.1. The number of nitrogens with one attached hydrogen (secondary N) is 1. The van der Waals surface area contributed by atoms with Crippen LogP contribution in [-0.2, 0) is 4.74 Å². The highest BCUT2D eigenvalue weighted by Gasteiger charge is 2.37. The van der Waals surface area contributed by atoms with Gasteiger partial charge in [0.25, 0.3) is 5.69 Å². The summed E-state index contributed by atoms with van der Waals surface area (Å²) in [7, 11) is 0. The van der Waals surface area contributed by atoms with E-state index in [1.165, 1.54) is 11.0 Å². The zero-order valence-electron chi connectivity index (χ0n) is 13.7. The van der Waals surface area contributed by atoms with Crippen molar-refractivity contribution in [3.63, 3.8) is 0 Å². The van der Waals surface area contributed by atoms with Crippen molar-refractivity contribution in [1.82, 2.24) is 4.90 Å². The van der Waals surface area contributed by atoms with Gasteiger partial charge < -0.3 is 20.1 Å². The Labute approximate surface area is 148 Å². The van der Waals surface area contributed by atoms with Gasteiger partial charge in [-0.1, -0.05) is 15.9 Å². The largest absolute Gasteiger partial charge is 0.444 e. The Morgan fingerprint density at radius 1 is 1.46 bits per heavy atom. The molecule has 1 aliphatic heterocycles. The number of hydrogen-bond acceptors (Lipinski definition) is 6. The molecule has 0 spiro atoms. The summed E-state index contributed by atoms with van der Waals surface area (Å²) in [6.07, 6.45) is -1.36. The number of hydrogen-bond donors (Lipinski definition) is 2. The number of rotatable bonds is 3. The minimum atomic E-state index is -0.847. The number of nitro groups is 1. The molecule has 1 aromatic carbocycles. The summed E-state index contributed by atoms with van der Waals surface area (Å²) >= 11 is 3.19. The molecule has 0 aromatic heterocycles. The SMILES string of the molecule is CC(C)(C)OC(=O)N1CC(O)[C@@H](Nc2ccc(Br)cc2[N+](=O)[O-])C1. The van der Waals surface area contributed by atoms with E-state index in [0.717, 1.165) is 0 Å². The van der Waals surface area contributed by atoms with Gasteiger partial charge in [0.15, 0.2) is 0 Å². The molecule has 0 saturated carbocycles. The summed E-state index contributed by atoms with van der Waals surface area (Å²) in [6, 6.07) is 4.10. The van der Waals surface area contributed by atoms with Gasteiger partial charge in [-0.2, -0.15) is 0 Å². The Morgan fingerprint density at radius 3 is 2.71 bits per heavy atom. The number of nitrogens with zero attached hydrogens (tertiary/aromatic N) is 2. The first kappa shape index (κ1) is 18.5. The number of β-amino-alcohol motifs (C(OH)–C–C–N with tert-alkyl or cyclic N) is 1. The smallest absolute Gasteiger partial charge is 0.410 e. The molecule has 8 nitrogen and oxygen atoms in total. The number of carbonyl (C=O) groups is 1. The first-order valence-electron chi connectivity index (χ1n) is 7.43. The summed E-state index contributed by atoms with van der Waals surface area (Å²) in [5.41, 5.74) is -0.441. The number of halogens is 1. The first-order chi connectivity index (χ1) is 11.1. The van der Waals surface area contributed by atoms with Crippen molar-refractivity contribution in [2.24, 2.45) is 0 Å². The number of anilines is 1. The van der Waals surface area contributed by atoms with E-state index in [4.69, 9.17) is 4.74 Å². The van der Waals surface area contributed by atoms with Gasteiger partial charge >= 0.3 is 6.09 Å². The zero-order valence-corrected chi connectivity index (χ0v) is 15.2. The summed E-state index contributed by atoms with van der Waals surface area (Å²) < 4.78 is 5.87. The second-order valence-electron chi connectivity index (χ2n) is 6.62. The van der Waals surface area contributed by atoms with Crippen molar-refractivity contribution in [3.05, 3.63) is 32.8 Å². The molecule has 0 radical (unpaired) electrons. The molecule has 132 valence electrons. The topological polar surface area (TPSA) is 105 Å². The fraction of sp³-hybridized carbons (Fsp3) is 0.533. The van der Waals surface area contributed by atoms with Gasteiger partial charge in [0, 0.05) is 17.1 Å². The molecule has 1 aromatic rings. The van der Waals surface area contributed by atoms with E-state index in [2.05, 4.69) is 21.2 Å². The number of aliphatic hydroxyl groups is 1. The minimum absolute atomic E-state index is 0.104. The fourth-order valence-electron chi connectivity index (χ4n) is 2.38. The van der Waals surface area contributed by atoms with Crippen LogP contribution in [0.25, 0.3) is 0 Å². The average molecular weight is 402 g/mol. The number of nitro benzene ring substituents is 1. The van der Waals surface area contributed by atoms with E-state index in [-0.39, 0.29) is 18.8 Å². The maximum Gasteiger partial charge on any atom is 0.410 e. The van der Waals surface area contributed by atoms with Crippen LogP contribution in [0.15, 0.2) is 22.7 Å². The molecule has 2 atom stereocenters. The second-order valence-corrected chi connectivity index (χ2v) is 7.54. The van der Waals surface area contributed by atoms with Crippen molar-refractivity contribution >= 4 is 33.4 Å². The quantitative estimate of drug-likeness (QED) is 0.595. The lowest BCUT2D eigenvalue weighted by atomic mass is 10.2. The van der Waals surface area contributed by atoms with E-state index in [0.29, 0.717) is 10.2 Å². The molecule has 1 aliphatic rings.